The van der Waals surface area contributed by atoms with Gasteiger partial charge in [0, 0.05) is 29.7 Å². The number of benzene rings is 3. The predicted molar refractivity (Wildman–Crippen MR) is 163 cm³/mol. The maximum absolute atomic E-state index is 14.1. The molecule has 1 aliphatic carbocycles. The van der Waals surface area contributed by atoms with E-state index in [4.69, 9.17) is 21.6 Å². The molecule has 206 valence electrons. The lowest BCUT2D eigenvalue weighted by Gasteiger charge is -2.34. The molecule has 2 fully saturated rings. The number of carbonyl (C=O) groups excluding carboxylic acids is 1. The van der Waals surface area contributed by atoms with E-state index in [-0.39, 0.29) is 17.4 Å². The first kappa shape index (κ1) is 26.8. The van der Waals surface area contributed by atoms with Crippen molar-refractivity contribution in [2.45, 2.75) is 63.8 Å². The smallest absolute Gasteiger partial charge is 0.255 e. The number of aromatic nitrogens is 2. The highest BCUT2D eigenvalue weighted by atomic mass is 35.5. The van der Waals surface area contributed by atoms with Crippen LogP contribution < -0.4 is 10.2 Å². The van der Waals surface area contributed by atoms with Crippen LogP contribution in [0.3, 0.4) is 0 Å². The minimum atomic E-state index is -0.348. The molecule has 0 bridgehead atoms. The molecule has 1 N–H and O–H groups in total. The van der Waals surface area contributed by atoms with Crippen molar-refractivity contribution in [3.8, 4) is 0 Å². The summed E-state index contributed by atoms with van der Waals surface area (Å²) in [4.78, 5) is 26.4. The third-order valence-electron chi connectivity index (χ3n) is 8.91. The van der Waals surface area contributed by atoms with Crippen LogP contribution in [-0.2, 0) is 5.41 Å². The molecular weight excluding hydrogens is 516 g/mol. The highest BCUT2D eigenvalue weighted by molar-refractivity contribution is 6.30. The molecule has 5 nitrogen and oxygen atoms in total. The first-order chi connectivity index (χ1) is 19.4. The normalized spacial score (nSPS) is 19.5. The zero-order valence-corrected chi connectivity index (χ0v) is 24.1. The van der Waals surface area contributed by atoms with Crippen LogP contribution in [0, 0.1) is 5.92 Å². The Hall–Kier alpha value is -3.44. The summed E-state index contributed by atoms with van der Waals surface area (Å²) in [5, 5.41) is 6.33. The van der Waals surface area contributed by atoms with Crippen LogP contribution in [-0.4, -0.2) is 29.0 Å². The molecule has 2 aliphatic rings. The number of anilines is 1. The summed E-state index contributed by atoms with van der Waals surface area (Å²) < 4.78 is 0. The largest absolute Gasteiger partial charge is 0.345 e. The van der Waals surface area contributed by atoms with Gasteiger partial charge in [-0.15, -0.1) is 0 Å². The lowest BCUT2D eigenvalue weighted by atomic mass is 9.74. The van der Waals surface area contributed by atoms with Crippen LogP contribution in [0.25, 0.3) is 10.8 Å². The van der Waals surface area contributed by atoms with Crippen molar-refractivity contribution < 1.29 is 4.79 Å². The Morgan fingerprint density at radius 2 is 1.77 bits per heavy atom. The third-order valence-corrected chi connectivity index (χ3v) is 9.16. The molecule has 1 aromatic heterocycles. The van der Waals surface area contributed by atoms with Gasteiger partial charge in [-0.05, 0) is 72.6 Å². The van der Waals surface area contributed by atoms with Gasteiger partial charge in [0.15, 0.2) is 0 Å². The van der Waals surface area contributed by atoms with E-state index in [2.05, 4.69) is 59.6 Å². The summed E-state index contributed by atoms with van der Waals surface area (Å²) in [6.07, 6.45) is 8.21. The van der Waals surface area contributed by atoms with Gasteiger partial charge in [0.05, 0.1) is 17.3 Å². The van der Waals surface area contributed by atoms with Crippen LogP contribution in [0.1, 0.15) is 85.6 Å². The first-order valence-electron chi connectivity index (χ1n) is 14.6. The fraction of sp³-hybridized carbons (Fsp3) is 0.382. The van der Waals surface area contributed by atoms with Crippen molar-refractivity contribution in [2.24, 2.45) is 5.92 Å². The standard InChI is InChI=1S/C34H37ClN4O/c1-23-9-8-20-39(22-23)33-36-21-30(31(38-33)34(18-5-6-19-34)26-14-16-27(35)17-15-26)32(40)37-24(2)28-13-7-11-25-10-3-4-12-29(25)28/h3-4,7,10-17,21,23-24H,5-6,8-9,18-20,22H2,1-2H3,(H,37,40). The first-order valence-corrected chi connectivity index (χ1v) is 15.0. The summed E-state index contributed by atoms with van der Waals surface area (Å²) in [5.74, 6) is 1.21. The van der Waals surface area contributed by atoms with E-state index >= 15 is 0 Å². The quantitative estimate of drug-likeness (QED) is 0.264. The summed E-state index contributed by atoms with van der Waals surface area (Å²) in [5.41, 5.74) is 3.33. The van der Waals surface area contributed by atoms with Gasteiger partial charge in [-0.3, -0.25) is 4.79 Å². The molecule has 4 aromatic rings. The monoisotopic (exact) mass is 552 g/mol. The van der Waals surface area contributed by atoms with Crippen molar-refractivity contribution in [1.29, 1.82) is 0 Å². The number of rotatable bonds is 6. The number of carbonyl (C=O) groups is 1. The fourth-order valence-corrected chi connectivity index (χ4v) is 6.94. The Morgan fingerprint density at radius 1 is 1.02 bits per heavy atom. The van der Waals surface area contributed by atoms with Gasteiger partial charge in [-0.2, -0.15) is 0 Å². The molecular formula is C34H37ClN4O. The molecule has 2 atom stereocenters. The number of hydrogen-bond acceptors (Lipinski definition) is 4. The topological polar surface area (TPSA) is 58.1 Å². The zero-order valence-electron chi connectivity index (χ0n) is 23.4. The van der Waals surface area contributed by atoms with Gasteiger partial charge in [0.25, 0.3) is 5.91 Å². The van der Waals surface area contributed by atoms with Crippen LogP contribution in [0.15, 0.2) is 72.9 Å². The molecule has 1 saturated carbocycles. The molecule has 0 radical (unpaired) electrons. The highest BCUT2D eigenvalue weighted by Crippen LogP contribution is 2.47. The van der Waals surface area contributed by atoms with E-state index in [1.165, 1.54) is 12.0 Å². The summed E-state index contributed by atoms with van der Waals surface area (Å²) in [6.45, 7) is 6.22. The lowest BCUT2D eigenvalue weighted by molar-refractivity contribution is 0.0937. The average Bonchev–Trinajstić information content (AvgIpc) is 3.48. The van der Waals surface area contributed by atoms with Gasteiger partial charge in [-0.25, -0.2) is 9.97 Å². The Bertz CT molecular complexity index is 1510. The summed E-state index contributed by atoms with van der Waals surface area (Å²) >= 11 is 6.29. The molecule has 1 amide bonds. The van der Waals surface area contributed by atoms with Crippen molar-refractivity contribution in [2.75, 3.05) is 18.0 Å². The third kappa shape index (κ3) is 5.08. The molecule has 2 heterocycles. The van der Waals surface area contributed by atoms with Crippen LogP contribution in [0.5, 0.6) is 0 Å². The molecule has 2 unspecified atom stereocenters. The molecule has 1 aliphatic heterocycles. The van der Waals surface area contributed by atoms with Gasteiger partial charge < -0.3 is 10.2 Å². The Balaban J connectivity index is 1.41. The average molecular weight is 553 g/mol. The number of fused-ring (bicyclic) bond motifs is 1. The maximum atomic E-state index is 14.1. The number of piperidine rings is 1. The number of nitrogens with one attached hydrogen (secondary N) is 1. The number of amides is 1. The number of halogens is 1. The van der Waals surface area contributed by atoms with E-state index in [1.807, 2.05) is 31.2 Å². The van der Waals surface area contributed by atoms with Crippen molar-refractivity contribution >= 4 is 34.2 Å². The van der Waals surface area contributed by atoms with E-state index < -0.39 is 0 Å². The zero-order chi connectivity index (χ0) is 27.7. The molecule has 40 heavy (non-hydrogen) atoms. The van der Waals surface area contributed by atoms with E-state index in [0.29, 0.717) is 16.5 Å². The fourth-order valence-electron chi connectivity index (χ4n) is 6.82. The Morgan fingerprint density at radius 3 is 2.55 bits per heavy atom. The Labute approximate surface area is 242 Å². The molecule has 1 saturated heterocycles. The minimum absolute atomic E-state index is 0.130. The van der Waals surface area contributed by atoms with Crippen molar-refractivity contribution in [3.05, 3.63) is 100 Å². The molecule has 6 heteroatoms. The number of hydrogen-bond donors (Lipinski definition) is 1. The van der Waals surface area contributed by atoms with Gasteiger partial charge in [-0.1, -0.05) is 86.0 Å². The van der Waals surface area contributed by atoms with Crippen molar-refractivity contribution in [3.63, 3.8) is 0 Å². The minimum Gasteiger partial charge on any atom is -0.345 e. The van der Waals surface area contributed by atoms with Gasteiger partial charge in [0.2, 0.25) is 5.95 Å². The molecule has 0 spiro atoms. The summed E-state index contributed by atoms with van der Waals surface area (Å²) in [7, 11) is 0. The highest BCUT2D eigenvalue weighted by Gasteiger charge is 2.42. The van der Waals surface area contributed by atoms with E-state index in [1.54, 1.807) is 6.20 Å². The Kier molecular flexibility index (Phi) is 7.50. The van der Waals surface area contributed by atoms with E-state index in [0.717, 1.165) is 73.2 Å². The predicted octanol–water partition coefficient (Wildman–Crippen LogP) is 7.87. The molecule has 3 aromatic carbocycles. The van der Waals surface area contributed by atoms with Crippen LogP contribution >= 0.6 is 11.6 Å². The van der Waals surface area contributed by atoms with Gasteiger partial charge >= 0.3 is 0 Å². The summed E-state index contributed by atoms with van der Waals surface area (Å²) in [6, 6.07) is 22.5. The molecule has 6 rings (SSSR count). The van der Waals surface area contributed by atoms with Gasteiger partial charge in [0.1, 0.15) is 0 Å². The maximum Gasteiger partial charge on any atom is 0.255 e. The SMILES string of the molecule is CC1CCCN(c2ncc(C(=O)NC(C)c3cccc4ccccc34)c(C3(c4ccc(Cl)cc4)CCCC3)n2)C1. The van der Waals surface area contributed by atoms with Crippen LogP contribution in [0.2, 0.25) is 5.02 Å². The second-order valence-electron chi connectivity index (χ2n) is 11.7. The second-order valence-corrected chi connectivity index (χ2v) is 12.1. The number of nitrogens with zero attached hydrogens (tertiary/aromatic N) is 3. The lowest BCUT2D eigenvalue weighted by Crippen LogP contribution is -2.38. The second kappa shape index (κ2) is 11.2. The van der Waals surface area contributed by atoms with Crippen LogP contribution in [0.4, 0.5) is 5.95 Å². The van der Waals surface area contributed by atoms with E-state index in [9.17, 15) is 4.79 Å². The van der Waals surface area contributed by atoms with Crippen molar-refractivity contribution in [1.82, 2.24) is 15.3 Å².